The van der Waals surface area contributed by atoms with Gasteiger partial charge in [0.25, 0.3) is 0 Å². The molecular formula is C28H31ClFNO8. The average molecular weight is 564 g/mol. The van der Waals surface area contributed by atoms with Crippen molar-refractivity contribution in [2.24, 2.45) is 0 Å². The van der Waals surface area contributed by atoms with Crippen molar-refractivity contribution in [3.63, 3.8) is 0 Å². The van der Waals surface area contributed by atoms with Crippen LogP contribution in [0.4, 0.5) is 14.9 Å². The fourth-order valence-electron chi connectivity index (χ4n) is 3.96. The van der Waals surface area contributed by atoms with E-state index < -0.39 is 35.6 Å². The number of nitrogens with one attached hydrogen (secondary N) is 1. The maximum absolute atomic E-state index is 14.8. The molecule has 2 unspecified atom stereocenters. The summed E-state index contributed by atoms with van der Waals surface area (Å²) in [7, 11) is 0. The highest BCUT2D eigenvalue weighted by atomic mass is 35.5. The van der Waals surface area contributed by atoms with Crippen LogP contribution >= 0.6 is 11.6 Å². The Morgan fingerprint density at radius 2 is 1.79 bits per heavy atom. The summed E-state index contributed by atoms with van der Waals surface area (Å²) in [5.74, 6) is -1.37. The maximum atomic E-state index is 14.8. The van der Waals surface area contributed by atoms with Crippen molar-refractivity contribution in [3.8, 4) is 5.75 Å². The number of esters is 2. The van der Waals surface area contributed by atoms with Crippen LogP contribution in [0.15, 0.2) is 48.2 Å². The average Bonchev–Trinajstić information content (AvgIpc) is 3.29. The summed E-state index contributed by atoms with van der Waals surface area (Å²) in [6.07, 6.45) is -1.54. The van der Waals surface area contributed by atoms with Crippen LogP contribution in [-0.2, 0) is 28.5 Å². The first-order chi connectivity index (χ1) is 18.6. The highest BCUT2D eigenvalue weighted by Gasteiger charge is 2.50. The van der Waals surface area contributed by atoms with Crippen LogP contribution in [-0.4, -0.2) is 49.6 Å². The number of allylic oxidation sites excluding steroid dienone is 1. The third-order valence-electron chi connectivity index (χ3n) is 5.84. The topological polar surface area (TPSA) is 109 Å². The molecule has 1 amide bonds. The van der Waals surface area contributed by atoms with Crippen molar-refractivity contribution >= 4 is 40.9 Å². The van der Waals surface area contributed by atoms with Crippen molar-refractivity contribution < 1.29 is 42.5 Å². The Hall–Kier alpha value is -3.63. The van der Waals surface area contributed by atoms with Gasteiger partial charge in [0.15, 0.2) is 6.10 Å². The zero-order valence-corrected chi connectivity index (χ0v) is 22.9. The Morgan fingerprint density at radius 3 is 2.44 bits per heavy atom. The Bertz CT molecular complexity index is 1240. The minimum atomic E-state index is -1.62. The third-order valence-corrected chi connectivity index (χ3v) is 6.16. The van der Waals surface area contributed by atoms with Gasteiger partial charge in [-0.05, 0) is 45.0 Å². The van der Waals surface area contributed by atoms with E-state index in [0.717, 1.165) is 6.07 Å². The summed E-state index contributed by atoms with van der Waals surface area (Å²) >= 11 is 6.43. The molecule has 1 aliphatic rings. The molecule has 1 N–H and O–H groups in total. The largest absolute Gasteiger partial charge is 0.477 e. The normalized spacial score (nSPS) is 17.3. The maximum Gasteiger partial charge on any atom is 0.417 e. The van der Waals surface area contributed by atoms with Crippen LogP contribution < -0.4 is 10.1 Å². The van der Waals surface area contributed by atoms with E-state index in [-0.39, 0.29) is 42.7 Å². The number of para-hydroxylation sites is 1. The minimum absolute atomic E-state index is 0.0379. The molecule has 1 aliphatic heterocycles. The minimum Gasteiger partial charge on any atom is -0.477 e. The van der Waals surface area contributed by atoms with Gasteiger partial charge in [0.1, 0.15) is 17.3 Å². The van der Waals surface area contributed by atoms with Gasteiger partial charge in [0, 0.05) is 24.0 Å². The Morgan fingerprint density at radius 1 is 1.10 bits per heavy atom. The number of carbonyl (C=O) groups excluding carboxylic acids is 3. The van der Waals surface area contributed by atoms with Gasteiger partial charge >= 0.3 is 18.0 Å². The second-order valence-corrected chi connectivity index (χ2v) is 9.00. The number of ether oxygens (including phenoxy) is 5. The summed E-state index contributed by atoms with van der Waals surface area (Å²) in [6, 6.07) is 10.7. The van der Waals surface area contributed by atoms with Crippen molar-refractivity contribution in [1.29, 1.82) is 0 Å². The number of hydrogen-bond acceptors (Lipinski definition) is 8. The Labute approximate surface area is 231 Å². The van der Waals surface area contributed by atoms with Crippen LogP contribution in [0, 0.1) is 5.82 Å². The summed E-state index contributed by atoms with van der Waals surface area (Å²) in [5.41, 5.74) is -0.953. The smallest absolute Gasteiger partial charge is 0.417 e. The highest BCUT2D eigenvalue weighted by molar-refractivity contribution is 6.32. The van der Waals surface area contributed by atoms with Crippen LogP contribution in [0.1, 0.15) is 46.1 Å². The van der Waals surface area contributed by atoms with Gasteiger partial charge in [-0.15, -0.1) is 0 Å². The molecule has 0 spiro atoms. The molecule has 1 heterocycles. The molecule has 2 aromatic rings. The second-order valence-electron chi connectivity index (χ2n) is 8.59. The molecule has 3 rings (SSSR count). The van der Waals surface area contributed by atoms with Gasteiger partial charge in [0.2, 0.25) is 5.60 Å². The van der Waals surface area contributed by atoms with Crippen molar-refractivity contribution in [1.82, 2.24) is 0 Å². The van der Waals surface area contributed by atoms with Crippen LogP contribution in [0.5, 0.6) is 5.75 Å². The van der Waals surface area contributed by atoms with E-state index in [1.807, 2.05) is 6.92 Å². The molecule has 11 heteroatoms. The molecule has 2 aromatic carbocycles. The first-order valence-corrected chi connectivity index (χ1v) is 12.9. The summed E-state index contributed by atoms with van der Waals surface area (Å²) in [4.78, 5) is 37.6. The van der Waals surface area contributed by atoms with Crippen LogP contribution in [0.25, 0.3) is 5.57 Å². The monoisotopic (exact) mass is 563 g/mol. The number of benzene rings is 2. The molecule has 210 valence electrons. The predicted octanol–water partition coefficient (Wildman–Crippen LogP) is 5.90. The van der Waals surface area contributed by atoms with E-state index in [9.17, 15) is 18.8 Å². The lowest BCUT2D eigenvalue weighted by Crippen LogP contribution is -2.46. The molecule has 0 fully saturated rings. The lowest BCUT2D eigenvalue weighted by atomic mass is 9.92. The van der Waals surface area contributed by atoms with Crippen LogP contribution in [0.3, 0.4) is 0 Å². The number of anilines is 1. The molecule has 2 atom stereocenters. The molecular weight excluding hydrogens is 533 g/mol. The molecule has 39 heavy (non-hydrogen) atoms. The number of rotatable bonds is 11. The molecule has 0 radical (unpaired) electrons. The van der Waals surface area contributed by atoms with Crippen molar-refractivity contribution in [2.45, 2.75) is 52.2 Å². The number of halogens is 2. The highest BCUT2D eigenvalue weighted by Crippen LogP contribution is 2.45. The Kier molecular flexibility index (Phi) is 10.3. The van der Waals surface area contributed by atoms with Crippen molar-refractivity contribution in [3.05, 3.63) is 64.6 Å². The zero-order valence-electron chi connectivity index (χ0n) is 22.2. The molecule has 0 bridgehead atoms. The van der Waals surface area contributed by atoms with Gasteiger partial charge in [-0.3, -0.25) is 5.32 Å². The van der Waals surface area contributed by atoms with Gasteiger partial charge in [-0.1, -0.05) is 36.7 Å². The summed E-state index contributed by atoms with van der Waals surface area (Å²) < 4.78 is 42.0. The van der Waals surface area contributed by atoms with E-state index in [1.54, 1.807) is 44.2 Å². The molecule has 0 aromatic heterocycles. The fraction of sp³-hybridized carbons (Fsp3) is 0.393. The van der Waals surface area contributed by atoms with Crippen LogP contribution in [0.2, 0.25) is 5.02 Å². The lowest BCUT2D eigenvalue weighted by molar-refractivity contribution is -0.179. The van der Waals surface area contributed by atoms with Gasteiger partial charge in [-0.25, -0.2) is 18.8 Å². The van der Waals surface area contributed by atoms with Gasteiger partial charge in [0.05, 0.1) is 30.5 Å². The van der Waals surface area contributed by atoms with E-state index in [4.69, 9.17) is 35.3 Å². The quantitative estimate of drug-likeness (QED) is 0.336. The first kappa shape index (κ1) is 29.9. The lowest BCUT2D eigenvalue weighted by Gasteiger charge is -2.28. The van der Waals surface area contributed by atoms with E-state index in [2.05, 4.69) is 5.32 Å². The molecule has 0 aliphatic carbocycles. The fourth-order valence-corrected chi connectivity index (χ4v) is 4.22. The van der Waals surface area contributed by atoms with E-state index in [1.165, 1.54) is 13.0 Å². The summed E-state index contributed by atoms with van der Waals surface area (Å²) in [6.45, 7) is 6.59. The van der Waals surface area contributed by atoms with E-state index >= 15 is 0 Å². The summed E-state index contributed by atoms with van der Waals surface area (Å²) in [5, 5.41) is 2.43. The third kappa shape index (κ3) is 7.27. The number of carbonyl (C=O) groups is 3. The molecule has 9 nitrogen and oxygen atoms in total. The van der Waals surface area contributed by atoms with Crippen molar-refractivity contribution in [2.75, 3.05) is 25.1 Å². The van der Waals surface area contributed by atoms with Gasteiger partial charge < -0.3 is 23.7 Å². The molecule has 0 saturated carbocycles. The Balaban J connectivity index is 1.89. The molecule has 0 saturated heterocycles. The van der Waals surface area contributed by atoms with Gasteiger partial charge in [-0.2, -0.15) is 0 Å². The first-order valence-electron chi connectivity index (χ1n) is 12.5. The SMILES string of the molecule is CCOC(=O)C(C)OCC1(C(=O)OCC)CC(c2cc(NC(=O)Oc3ccccc3)c(F)cc2Cl)=C(CC)O1. The predicted molar refractivity (Wildman–Crippen MR) is 142 cm³/mol. The zero-order chi connectivity index (χ0) is 28.6. The number of hydrogen-bond donors (Lipinski definition) is 1. The number of amides is 1. The standard InChI is InChI=1S/C28H31ClFNO8/c1-5-24-20(15-28(39-24,26(33)36-7-3)16-37-17(4)25(32)35-6-2)19-13-23(22(30)14-21(19)29)31-27(34)38-18-11-9-8-10-12-18/h8-14,17H,5-7,15-16H2,1-4H3,(H,31,34). The second kappa shape index (κ2) is 13.4. The van der Waals surface area contributed by atoms with E-state index in [0.29, 0.717) is 23.3 Å².